The summed E-state index contributed by atoms with van der Waals surface area (Å²) in [5, 5.41) is 13.1. The molecule has 2 rings (SSSR count). The van der Waals surface area contributed by atoms with Crippen molar-refractivity contribution in [3.63, 3.8) is 0 Å². The molecule has 2 fully saturated rings. The third-order valence-corrected chi connectivity index (χ3v) is 4.43. The van der Waals surface area contributed by atoms with Crippen LogP contribution in [0, 0.1) is 0 Å². The van der Waals surface area contributed by atoms with Crippen LogP contribution in [0.5, 0.6) is 0 Å². The van der Waals surface area contributed by atoms with Crippen LogP contribution in [-0.2, 0) is 9.53 Å². The Bertz CT molecular complexity index is 303. The molecule has 1 unspecified atom stereocenters. The lowest BCUT2D eigenvalue weighted by atomic mass is 10.0. The van der Waals surface area contributed by atoms with Gasteiger partial charge >= 0.3 is 0 Å². The van der Waals surface area contributed by atoms with Gasteiger partial charge < -0.3 is 15.2 Å². The molecule has 2 aliphatic rings. The number of ether oxygens (including phenoxy) is 1. The third-order valence-electron chi connectivity index (χ3n) is 4.43. The van der Waals surface area contributed by atoms with Crippen LogP contribution < -0.4 is 5.32 Å². The standard InChI is InChI=1S/C14H26N2O3/c1-19-10-9-16-8-4-5-12(16)11-15-13(17)14(18)6-2-3-7-14/h12,18H,2-11H2,1H3,(H,15,17). The number of carbonyl (C=O) groups is 1. The summed E-state index contributed by atoms with van der Waals surface area (Å²) in [5.41, 5.74) is -1.10. The Morgan fingerprint density at radius 3 is 2.84 bits per heavy atom. The average Bonchev–Trinajstić information content (AvgIpc) is 3.03. The van der Waals surface area contributed by atoms with Crippen LogP contribution >= 0.6 is 0 Å². The van der Waals surface area contributed by atoms with Gasteiger partial charge in [-0.3, -0.25) is 9.69 Å². The number of methoxy groups -OCH3 is 1. The molecule has 0 aromatic rings. The molecule has 1 saturated heterocycles. The number of amides is 1. The summed E-state index contributed by atoms with van der Waals surface area (Å²) in [4.78, 5) is 14.4. The second kappa shape index (κ2) is 6.68. The van der Waals surface area contributed by atoms with Gasteiger partial charge in [0.05, 0.1) is 6.61 Å². The van der Waals surface area contributed by atoms with E-state index in [2.05, 4.69) is 10.2 Å². The summed E-state index contributed by atoms with van der Waals surface area (Å²) in [6, 6.07) is 0.393. The summed E-state index contributed by atoms with van der Waals surface area (Å²) in [5.74, 6) is -0.177. The van der Waals surface area contributed by atoms with E-state index in [4.69, 9.17) is 4.74 Å². The number of hydrogen-bond donors (Lipinski definition) is 2. The first-order valence-electron chi connectivity index (χ1n) is 7.39. The van der Waals surface area contributed by atoms with Gasteiger partial charge in [0, 0.05) is 26.2 Å². The summed E-state index contributed by atoms with van der Waals surface area (Å²) in [6.07, 6.45) is 5.41. The maximum Gasteiger partial charge on any atom is 0.252 e. The highest BCUT2D eigenvalue weighted by molar-refractivity contribution is 5.85. The highest BCUT2D eigenvalue weighted by Gasteiger charge is 2.39. The van der Waals surface area contributed by atoms with Crippen LogP contribution in [-0.4, -0.2) is 60.9 Å². The SMILES string of the molecule is COCCN1CCCC1CNC(=O)C1(O)CCCC1. The van der Waals surface area contributed by atoms with E-state index >= 15 is 0 Å². The highest BCUT2D eigenvalue weighted by Crippen LogP contribution is 2.29. The lowest BCUT2D eigenvalue weighted by molar-refractivity contribution is -0.139. The van der Waals surface area contributed by atoms with E-state index in [1.54, 1.807) is 7.11 Å². The molecule has 1 atom stereocenters. The minimum absolute atomic E-state index is 0.177. The second-order valence-electron chi connectivity index (χ2n) is 5.77. The number of likely N-dealkylation sites (tertiary alicyclic amines) is 1. The molecule has 1 amide bonds. The maximum atomic E-state index is 12.0. The first kappa shape index (κ1) is 14.8. The van der Waals surface area contributed by atoms with Crippen molar-refractivity contribution in [3.8, 4) is 0 Å². The zero-order valence-electron chi connectivity index (χ0n) is 11.9. The van der Waals surface area contributed by atoms with Crippen molar-refractivity contribution in [2.75, 3.05) is 33.4 Å². The monoisotopic (exact) mass is 270 g/mol. The average molecular weight is 270 g/mol. The Kier molecular flexibility index (Phi) is 5.19. The van der Waals surface area contributed by atoms with Crippen LogP contribution in [0.1, 0.15) is 38.5 Å². The lowest BCUT2D eigenvalue weighted by Crippen LogP contribution is -2.49. The quantitative estimate of drug-likeness (QED) is 0.738. The van der Waals surface area contributed by atoms with Gasteiger partial charge in [-0.1, -0.05) is 0 Å². The van der Waals surface area contributed by atoms with Gasteiger partial charge in [-0.05, 0) is 45.1 Å². The van der Waals surface area contributed by atoms with Gasteiger partial charge in [-0.15, -0.1) is 0 Å². The predicted octanol–water partition coefficient (Wildman–Crippen LogP) is 0.518. The van der Waals surface area contributed by atoms with Crippen LogP contribution in [0.3, 0.4) is 0 Å². The Morgan fingerprint density at radius 2 is 2.16 bits per heavy atom. The van der Waals surface area contributed by atoms with Crippen molar-refractivity contribution in [1.29, 1.82) is 0 Å². The topological polar surface area (TPSA) is 61.8 Å². The van der Waals surface area contributed by atoms with Crippen molar-refractivity contribution in [2.45, 2.75) is 50.2 Å². The molecular formula is C14H26N2O3. The predicted molar refractivity (Wildman–Crippen MR) is 72.9 cm³/mol. The van der Waals surface area contributed by atoms with E-state index in [-0.39, 0.29) is 5.91 Å². The van der Waals surface area contributed by atoms with Gasteiger partial charge in [0.1, 0.15) is 5.60 Å². The summed E-state index contributed by atoms with van der Waals surface area (Å²) in [7, 11) is 1.71. The Morgan fingerprint density at radius 1 is 1.42 bits per heavy atom. The third kappa shape index (κ3) is 3.68. The van der Waals surface area contributed by atoms with Gasteiger partial charge in [0.2, 0.25) is 0 Å². The number of rotatable bonds is 6. The van der Waals surface area contributed by atoms with Gasteiger partial charge in [-0.25, -0.2) is 0 Å². The molecule has 1 heterocycles. The lowest BCUT2D eigenvalue weighted by Gasteiger charge is -2.27. The Balaban J connectivity index is 1.76. The molecule has 1 aliphatic carbocycles. The van der Waals surface area contributed by atoms with Crippen LogP contribution in [0.4, 0.5) is 0 Å². The van der Waals surface area contributed by atoms with E-state index in [1.165, 1.54) is 6.42 Å². The first-order chi connectivity index (χ1) is 9.15. The highest BCUT2D eigenvalue weighted by atomic mass is 16.5. The van der Waals surface area contributed by atoms with Gasteiger partial charge in [-0.2, -0.15) is 0 Å². The fourth-order valence-corrected chi connectivity index (χ4v) is 3.19. The number of nitrogens with one attached hydrogen (secondary N) is 1. The van der Waals surface area contributed by atoms with Crippen molar-refractivity contribution >= 4 is 5.91 Å². The molecule has 0 spiro atoms. The molecular weight excluding hydrogens is 244 g/mol. The molecule has 0 bridgehead atoms. The molecule has 0 aromatic carbocycles. The van der Waals surface area contributed by atoms with E-state index < -0.39 is 5.60 Å². The Labute approximate surface area is 115 Å². The minimum atomic E-state index is -1.10. The van der Waals surface area contributed by atoms with Crippen molar-refractivity contribution in [1.82, 2.24) is 10.2 Å². The van der Waals surface area contributed by atoms with Crippen molar-refractivity contribution in [3.05, 3.63) is 0 Å². The van der Waals surface area contributed by atoms with Crippen LogP contribution in [0.2, 0.25) is 0 Å². The maximum absolute atomic E-state index is 12.0. The summed E-state index contributed by atoms with van der Waals surface area (Å²) < 4.78 is 5.11. The molecule has 2 N–H and O–H groups in total. The molecule has 5 heteroatoms. The molecule has 1 aliphatic heterocycles. The molecule has 1 saturated carbocycles. The van der Waals surface area contributed by atoms with Crippen molar-refractivity contribution < 1.29 is 14.6 Å². The Hall–Kier alpha value is -0.650. The molecule has 19 heavy (non-hydrogen) atoms. The van der Waals surface area contributed by atoms with Crippen LogP contribution in [0.25, 0.3) is 0 Å². The molecule has 0 radical (unpaired) electrons. The number of nitrogens with zero attached hydrogens (tertiary/aromatic N) is 1. The van der Waals surface area contributed by atoms with Gasteiger partial charge in [0.25, 0.3) is 5.91 Å². The molecule has 110 valence electrons. The smallest absolute Gasteiger partial charge is 0.252 e. The normalized spacial score (nSPS) is 26.7. The fourth-order valence-electron chi connectivity index (χ4n) is 3.19. The first-order valence-corrected chi connectivity index (χ1v) is 7.39. The van der Waals surface area contributed by atoms with E-state index in [1.807, 2.05) is 0 Å². The second-order valence-corrected chi connectivity index (χ2v) is 5.77. The van der Waals surface area contributed by atoms with Crippen LogP contribution in [0.15, 0.2) is 0 Å². The summed E-state index contributed by atoms with van der Waals surface area (Å²) in [6.45, 7) is 3.37. The zero-order valence-corrected chi connectivity index (χ0v) is 11.9. The minimum Gasteiger partial charge on any atom is -0.383 e. The fraction of sp³-hybridized carbons (Fsp3) is 0.929. The summed E-state index contributed by atoms with van der Waals surface area (Å²) >= 11 is 0. The number of carbonyl (C=O) groups excluding carboxylic acids is 1. The van der Waals surface area contributed by atoms with E-state index in [0.29, 0.717) is 25.4 Å². The zero-order chi connectivity index (χ0) is 13.7. The van der Waals surface area contributed by atoms with Gasteiger partial charge in [0.15, 0.2) is 0 Å². The molecule has 5 nitrogen and oxygen atoms in total. The number of hydrogen-bond acceptors (Lipinski definition) is 4. The largest absolute Gasteiger partial charge is 0.383 e. The van der Waals surface area contributed by atoms with E-state index in [0.717, 1.165) is 39.0 Å². The van der Waals surface area contributed by atoms with Crippen molar-refractivity contribution in [2.24, 2.45) is 0 Å². The molecule has 0 aromatic heterocycles. The van der Waals surface area contributed by atoms with E-state index in [9.17, 15) is 9.90 Å². The number of aliphatic hydroxyl groups is 1.